The van der Waals surface area contributed by atoms with Crippen molar-refractivity contribution in [3.8, 4) is 0 Å². The number of rotatable bonds is 0. The zero-order chi connectivity index (χ0) is 15.0. The van der Waals surface area contributed by atoms with Crippen LogP contribution in [0.5, 0.6) is 0 Å². The molecule has 2 aliphatic rings. The van der Waals surface area contributed by atoms with Crippen LogP contribution in [0.1, 0.15) is 61.8 Å². The maximum absolute atomic E-state index is 12.9. The van der Waals surface area contributed by atoms with E-state index >= 15 is 0 Å². The van der Waals surface area contributed by atoms with Crippen LogP contribution in [0.2, 0.25) is 0 Å². The van der Waals surface area contributed by atoms with Crippen molar-refractivity contribution in [2.45, 2.75) is 67.7 Å². The minimum absolute atomic E-state index is 0. The Morgan fingerprint density at radius 1 is 0.952 bits per heavy atom. The zero-order valence-corrected chi connectivity index (χ0v) is 13.5. The first kappa shape index (κ1) is 22.9. The minimum atomic E-state index is -2.94. The predicted molar refractivity (Wildman–Crippen MR) is 86.3 cm³/mol. The Balaban J connectivity index is 0. The Bertz CT molecular complexity index is 342. The Morgan fingerprint density at radius 3 is 1.43 bits per heavy atom. The Kier molecular flexibility index (Phi) is 9.02. The standard InChI is InChI=1S/C8H11F3.C8H16.CH4.B/c1-4-5(2)8(10,11)6(3)7(4)9;1-6-4-7(2)8(3)5-6;;/h4-5H,1-3H3;6-8H,4-5H2,1-3H3;1H4;. The lowest BCUT2D eigenvalue weighted by Crippen LogP contribution is -2.24. The van der Waals surface area contributed by atoms with Crippen molar-refractivity contribution in [3.05, 3.63) is 11.4 Å². The molecule has 4 heteroatoms. The van der Waals surface area contributed by atoms with Gasteiger partial charge in [0, 0.05) is 25.8 Å². The molecule has 0 spiro atoms. The fraction of sp³-hybridized carbons (Fsp3) is 0.882. The maximum Gasteiger partial charge on any atom is 0.274 e. The molecule has 2 aliphatic carbocycles. The number of alkyl halides is 2. The van der Waals surface area contributed by atoms with Gasteiger partial charge >= 0.3 is 0 Å². The summed E-state index contributed by atoms with van der Waals surface area (Å²) >= 11 is 0. The summed E-state index contributed by atoms with van der Waals surface area (Å²) in [7, 11) is 0. The van der Waals surface area contributed by atoms with Gasteiger partial charge in [0.25, 0.3) is 5.92 Å². The molecule has 4 atom stereocenters. The third kappa shape index (κ3) is 4.79. The van der Waals surface area contributed by atoms with E-state index in [0.29, 0.717) is 0 Å². The lowest BCUT2D eigenvalue weighted by molar-refractivity contribution is -0.0131. The van der Waals surface area contributed by atoms with E-state index in [0.717, 1.165) is 24.7 Å². The van der Waals surface area contributed by atoms with E-state index in [4.69, 9.17) is 0 Å². The van der Waals surface area contributed by atoms with E-state index in [1.807, 2.05) is 0 Å². The molecule has 0 saturated heterocycles. The van der Waals surface area contributed by atoms with E-state index in [9.17, 15) is 13.2 Å². The molecular formula is C17H31BF3. The molecule has 2 rings (SSSR count). The molecule has 0 bridgehead atoms. The third-order valence-corrected chi connectivity index (χ3v) is 5.10. The fourth-order valence-electron chi connectivity index (χ4n) is 3.21. The van der Waals surface area contributed by atoms with E-state index in [1.165, 1.54) is 26.7 Å². The lowest BCUT2D eigenvalue weighted by atomic mass is 9.96. The van der Waals surface area contributed by atoms with Gasteiger partial charge in [-0.25, -0.2) is 13.2 Å². The first-order valence-corrected chi connectivity index (χ1v) is 7.33. The molecule has 0 nitrogen and oxygen atoms in total. The van der Waals surface area contributed by atoms with E-state index < -0.39 is 29.2 Å². The highest BCUT2D eigenvalue weighted by Gasteiger charge is 2.50. The Labute approximate surface area is 131 Å². The molecule has 21 heavy (non-hydrogen) atoms. The van der Waals surface area contributed by atoms with Gasteiger partial charge in [-0.3, -0.25) is 0 Å². The monoisotopic (exact) mass is 303 g/mol. The second kappa shape index (κ2) is 8.29. The molecule has 0 aromatic rings. The van der Waals surface area contributed by atoms with Crippen molar-refractivity contribution >= 4 is 8.41 Å². The highest BCUT2D eigenvalue weighted by Crippen LogP contribution is 2.48. The van der Waals surface area contributed by atoms with Gasteiger partial charge < -0.3 is 0 Å². The minimum Gasteiger partial charge on any atom is -0.211 e. The Hall–Kier alpha value is -0.405. The molecule has 0 N–H and O–H groups in total. The van der Waals surface area contributed by atoms with Gasteiger partial charge in [-0.05, 0) is 37.5 Å². The molecule has 1 saturated carbocycles. The summed E-state index contributed by atoms with van der Waals surface area (Å²) in [5, 5.41) is 0. The smallest absolute Gasteiger partial charge is 0.211 e. The van der Waals surface area contributed by atoms with Crippen LogP contribution in [0.25, 0.3) is 0 Å². The summed E-state index contributed by atoms with van der Waals surface area (Å²) in [5.74, 6) is -2.13. The molecular weight excluding hydrogens is 272 g/mol. The summed E-state index contributed by atoms with van der Waals surface area (Å²) in [6.45, 7) is 11.1. The lowest BCUT2D eigenvalue weighted by Gasteiger charge is -2.18. The van der Waals surface area contributed by atoms with Gasteiger partial charge in [-0.15, -0.1) is 0 Å². The van der Waals surface area contributed by atoms with Gasteiger partial charge in [-0.1, -0.05) is 42.0 Å². The van der Waals surface area contributed by atoms with Gasteiger partial charge in [0.05, 0.1) is 0 Å². The van der Waals surface area contributed by atoms with Crippen LogP contribution in [-0.4, -0.2) is 14.3 Å². The van der Waals surface area contributed by atoms with Crippen LogP contribution >= 0.6 is 0 Å². The first-order chi connectivity index (χ1) is 8.59. The van der Waals surface area contributed by atoms with Crippen molar-refractivity contribution in [2.24, 2.45) is 29.6 Å². The van der Waals surface area contributed by atoms with Gasteiger partial charge in [-0.2, -0.15) is 0 Å². The van der Waals surface area contributed by atoms with Crippen molar-refractivity contribution in [1.82, 2.24) is 0 Å². The number of hydrogen-bond acceptors (Lipinski definition) is 0. The fourth-order valence-corrected chi connectivity index (χ4v) is 3.21. The average molecular weight is 303 g/mol. The topological polar surface area (TPSA) is 0 Å². The van der Waals surface area contributed by atoms with E-state index in [2.05, 4.69) is 20.8 Å². The summed E-state index contributed by atoms with van der Waals surface area (Å²) in [6.07, 6.45) is 2.92. The van der Waals surface area contributed by atoms with Crippen LogP contribution in [-0.2, 0) is 0 Å². The van der Waals surface area contributed by atoms with Crippen molar-refractivity contribution in [2.75, 3.05) is 0 Å². The van der Waals surface area contributed by atoms with Crippen LogP contribution in [0.4, 0.5) is 13.2 Å². The van der Waals surface area contributed by atoms with Crippen LogP contribution in [0.3, 0.4) is 0 Å². The quantitative estimate of drug-likeness (QED) is 0.475. The largest absolute Gasteiger partial charge is 0.274 e. The molecule has 3 radical (unpaired) electrons. The van der Waals surface area contributed by atoms with Gasteiger partial charge in [0.1, 0.15) is 5.83 Å². The SMILES string of the molecule is C.CC1=C(F)C(C)C(C)C1(F)F.CC1CC(C)C(C)C1.[B]. The second-order valence-corrected chi connectivity index (χ2v) is 6.70. The van der Waals surface area contributed by atoms with Gasteiger partial charge in [0.2, 0.25) is 0 Å². The number of hydrogen-bond donors (Lipinski definition) is 0. The highest BCUT2D eigenvalue weighted by molar-refractivity contribution is 5.75. The average Bonchev–Trinajstić information content (AvgIpc) is 2.68. The van der Waals surface area contributed by atoms with Crippen molar-refractivity contribution in [1.29, 1.82) is 0 Å². The summed E-state index contributed by atoms with van der Waals surface area (Å²) in [4.78, 5) is 0. The van der Waals surface area contributed by atoms with Crippen LogP contribution in [0, 0.1) is 29.6 Å². The maximum atomic E-state index is 12.9. The van der Waals surface area contributed by atoms with Crippen LogP contribution < -0.4 is 0 Å². The van der Waals surface area contributed by atoms with Crippen molar-refractivity contribution in [3.63, 3.8) is 0 Å². The Morgan fingerprint density at radius 2 is 1.33 bits per heavy atom. The predicted octanol–water partition coefficient (Wildman–Crippen LogP) is 6.09. The second-order valence-electron chi connectivity index (χ2n) is 6.70. The molecule has 0 aliphatic heterocycles. The van der Waals surface area contributed by atoms with E-state index in [-0.39, 0.29) is 15.8 Å². The molecule has 1 fully saturated rings. The third-order valence-electron chi connectivity index (χ3n) is 5.10. The normalized spacial score (nSPS) is 37.3. The number of halogens is 3. The molecule has 123 valence electrons. The first-order valence-electron chi connectivity index (χ1n) is 7.33. The number of allylic oxidation sites excluding steroid dienone is 2. The summed E-state index contributed by atoms with van der Waals surface area (Å²) in [5.41, 5.74) is -0.391. The van der Waals surface area contributed by atoms with Crippen molar-refractivity contribution < 1.29 is 13.2 Å². The molecule has 4 unspecified atom stereocenters. The highest BCUT2D eigenvalue weighted by atomic mass is 19.3. The molecule has 0 heterocycles. The molecule has 0 aromatic heterocycles. The van der Waals surface area contributed by atoms with Crippen LogP contribution in [0.15, 0.2) is 11.4 Å². The summed E-state index contributed by atoms with van der Waals surface area (Å²) < 4.78 is 38.7. The molecule has 0 aromatic carbocycles. The zero-order valence-electron chi connectivity index (χ0n) is 13.5. The van der Waals surface area contributed by atoms with E-state index in [1.54, 1.807) is 0 Å². The van der Waals surface area contributed by atoms with Gasteiger partial charge in [0.15, 0.2) is 0 Å². The summed E-state index contributed by atoms with van der Waals surface area (Å²) in [6, 6.07) is 0. The molecule has 0 amide bonds.